The van der Waals surface area contributed by atoms with Crippen molar-refractivity contribution in [1.29, 1.82) is 10.5 Å². The molecule has 0 radical (unpaired) electrons. The molecule has 0 fully saturated rings. The van der Waals surface area contributed by atoms with E-state index in [1.165, 1.54) is 0 Å². The quantitative estimate of drug-likeness (QED) is 0.199. The van der Waals surface area contributed by atoms with Crippen molar-refractivity contribution in [3.63, 3.8) is 0 Å². The standard InChI is InChI=1S/C44H25N3O/c45-26-28-18-31(30-10-2-1-3-11-30)22-34(20-28)39-24-33(25-40-38-14-6-9-17-43(38)48-44(39)40)32-19-29(27-46)21-35(23-32)47-41-15-7-4-12-36(41)37-13-5-8-16-42(37)47/h1-25H. The van der Waals surface area contributed by atoms with Crippen LogP contribution < -0.4 is 0 Å². The normalized spacial score (nSPS) is 11.3. The SMILES string of the molecule is N#Cc1cc(-c2ccccc2)cc(-c2cc(-c3cc(C#N)cc(-n4c5ccccc5c5ccccc54)c3)cc3c2oc2ccccc23)c1. The summed E-state index contributed by atoms with van der Waals surface area (Å²) in [7, 11) is 0. The van der Waals surface area contributed by atoms with Crippen LogP contribution in [0.4, 0.5) is 0 Å². The Morgan fingerprint density at radius 2 is 1.00 bits per heavy atom. The molecule has 9 aromatic rings. The zero-order valence-corrected chi connectivity index (χ0v) is 25.7. The van der Waals surface area contributed by atoms with Crippen LogP contribution in [0.1, 0.15) is 11.1 Å². The van der Waals surface area contributed by atoms with Gasteiger partial charge in [-0.1, -0.05) is 84.9 Å². The highest BCUT2D eigenvalue weighted by atomic mass is 16.3. The number of nitriles is 2. The van der Waals surface area contributed by atoms with Gasteiger partial charge in [0.2, 0.25) is 0 Å². The Hall–Kier alpha value is -6.88. The highest BCUT2D eigenvalue weighted by molar-refractivity contribution is 6.12. The first kappa shape index (κ1) is 27.4. The van der Waals surface area contributed by atoms with Gasteiger partial charge in [0.15, 0.2) is 0 Å². The second-order valence-corrected chi connectivity index (χ2v) is 12.0. The van der Waals surface area contributed by atoms with Gasteiger partial charge in [0.05, 0.1) is 34.3 Å². The Kier molecular flexibility index (Phi) is 6.22. The van der Waals surface area contributed by atoms with Gasteiger partial charge in [0.1, 0.15) is 11.2 Å². The van der Waals surface area contributed by atoms with Crippen molar-refractivity contribution in [2.75, 3.05) is 0 Å². The third-order valence-electron chi connectivity index (χ3n) is 9.18. The van der Waals surface area contributed by atoms with Crippen LogP contribution >= 0.6 is 0 Å². The minimum Gasteiger partial charge on any atom is -0.455 e. The number of nitrogens with zero attached hydrogens (tertiary/aromatic N) is 3. The van der Waals surface area contributed by atoms with E-state index in [2.05, 4.69) is 108 Å². The molecule has 0 bridgehead atoms. The smallest absolute Gasteiger partial charge is 0.143 e. The molecular weight excluding hydrogens is 587 g/mol. The molecule has 0 aliphatic rings. The van der Waals surface area contributed by atoms with Crippen LogP contribution in [-0.4, -0.2) is 4.57 Å². The van der Waals surface area contributed by atoms with Crippen LogP contribution in [-0.2, 0) is 0 Å². The molecule has 0 saturated carbocycles. The van der Waals surface area contributed by atoms with Gasteiger partial charge in [-0.25, -0.2) is 0 Å². The van der Waals surface area contributed by atoms with Crippen molar-refractivity contribution in [2.45, 2.75) is 0 Å². The van der Waals surface area contributed by atoms with Crippen LogP contribution in [0.15, 0.2) is 156 Å². The summed E-state index contributed by atoms with van der Waals surface area (Å²) in [5, 5.41) is 24.6. The first-order valence-electron chi connectivity index (χ1n) is 15.8. The number of rotatable bonds is 4. The molecule has 0 aliphatic heterocycles. The van der Waals surface area contributed by atoms with Gasteiger partial charge in [-0.2, -0.15) is 10.5 Å². The predicted molar refractivity (Wildman–Crippen MR) is 194 cm³/mol. The van der Waals surface area contributed by atoms with E-state index in [0.717, 1.165) is 82.8 Å². The van der Waals surface area contributed by atoms with Gasteiger partial charge in [-0.3, -0.25) is 0 Å². The third-order valence-corrected chi connectivity index (χ3v) is 9.18. The Morgan fingerprint density at radius 3 is 1.71 bits per heavy atom. The van der Waals surface area contributed by atoms with Crippen molar-refractivity contribution >= 4 is 43.7 Å². The summed E-state index contributed by atoms with van der Waals surface area (Å²) in [6, 6.07) is 56.0. The van der Waals surface area contributed by atoms with E-state index in [1.807, 2.05) is 60.7 Å². The molecule has 7 aromatic carbocycles. The Morgan fingerprint density at radius 1 is 0.438 bits per heavy atom. The van der Waals surface area contributed by atoms with Crippen LogP contribution in [0.25, 0.3) is 82.8 Å². The fourth-order valence-corrected chi connectivity index (χ4v) is 7.03. The van der Waals surface area contributed by atoms with Gasteiger partial charge in [0, 0.05) is 32.8 Å². The molecule has 0 N–H and O–H groups in total. The van der Waals surface area contributed by atoms with Gasteiger partial charge >= 0.3 is 0 Å². The van der Waals surface area contributed by atoms with Crippen molar-refractivity contribution in [2.24, 2.45) is 0 Å². The number of furan rings is 1. The molecule has 0 aliphatic carbocycles. The van der Waals surface area contributed by atoms with E-state index in [0.29, 0.717) is 11.1 Å². The summed E-state index contributed by atoms with van der Waals surface area (Å²) in [4.78, 5) is 0. The minimum atomic E-state index is 0.570. The maximum absolute atomic E-state index is 10.3. The van der Waals surface area contributed by atoms with Crippen LogP contribution in [0.5, 0.6) is 0 Å². The molecule has 222 valence electrons. The molecule has 0 unspecified atom stereocenters. The fourth-order valence-electron chi connectivity index (χ4n) is 7.03. The van der Waals surface area contributed by atoms with Crippen LogP contribution in [0.2, 0.25) is 0 Å². The van der Waals surface area contributed by atoms with Crippen molar-refractivity contribution in [3.05, 3.63) is 163 Å². The topological polar surface area (TPSA) is 65.7 Å². The lowest BCUT2D eigenvalue weighted by molar-refractivity contribution is 0.670. The number of hydrogen-bond acceptors (Lipinski definition) is 3. The number of aromatic nitrogens is 1. The highest BCUT2D eigenvalue weighted by Crippen LogP contribution is 2.42. The van der Waals surface area contributed by atoms with Crippen LogP contribution in [0.3, 0.4) is 0 Å². The summed E-state index contributed by atoms with van der Waals surface area (Å²) in [6.07, 6.45) is 0. The number of benzene rings is 7. The maximum Gasteiger partial charge on any atom is 0.143 e. The zero-order valence-electron chi connectivity index (χ0n) is 25.7. The van der Waals surface area contributed by atoms with Gasteiger partial charge in [0.25, 0.3) is 0 Å². The number of para-hydroxylation sites is 3. The van der Waals surface area contributed by atoms with Crippen molar-refractivity contribution < 1.29 is 4.42 Å². The Bertz CT molecular complexity index is 2750. The Balaban J connectivity index is 1.33. The number of fused-ring (bicyclic) bond motifs is 6. The molecule has 4 heteroatoms. The monoisotopic (exact) mass is 611 g/mol. The van der Waals surface area contributed by atoms with Gasteiger partial charge in [-0.15, -0.1) is 0 Å². The molecule has 0 spiro atoms. The molecule has 4 nitrogen and oxygen atoms in total. The lowest BCUT2D eigenvalue weighted by Crippen LogP contribution is -1.96. The van der Waals surface area contributed by atoms with E-state index < -0.39 is 0 Å². The minimum absolute atomic E-state index is 0.570. The Labute approximate surface area is 276 Å². The molecule has 2 aromatic heterocycles. The average molecular weight is 612 g/mol. The zero-order chi connectivity index (χ0) is 32.2. The first-order valence-corrected chi connectivity index (χ1v) is 15.8. The molecular formula is C44H25N3O. The summed E-state index contributed by atoms with van der Waals surface area (Å²) < 4.78 is 8.77. The largest absolute Gasteiger partial charge is 0.455 e. The second kappa shape index (κ2) is 10.9. The first-order chi connectivity index (χ1) is 23.7. The van der Waals surface area contributed by atoms with Gasteiger partial charge in [-0.05, 0) is 94.5 Å². The van der Waals surface area contributed by atoms with Crippen molar-refractivity contribution in [3.8, 4) is 51.2 Å². The molecule has 0 atom stereocenters. The van der Waals surface area contributed by atoms with E-state index in [4.69, 9.17) is 4.42 Å². The highest BCUT2D eigenvalue weighted by Gasteiger charge is 2.18. The second-order valence-electron chi connectivity index (χ2n) is 12.0. The molecule has 2 heterocycles. The van der Waals surface area contributed by atoms with Crippen LogP contribution in [0, 0.1) is 22.7 Å². The van der Waals surface area contributed by atoms with Crippen molar-refractivity contribution in [1.82, 2.24) is 4.57 Å². The summed E-state index contributed by atoms with van der Waals surface area (Å²) >= 11 is 0. The van der Waals surface area contributed by atoms with E-state index in [-0.39, 0.29) is 0 Å². The molecule has 0 saturated heterocycles. The lowest BCUT2D eigenvalue weighted by Gasteiger charge is -2.13. The molecule has 9 rings (SSSR count). The van der Waals surface area contributed by atoms with E-state index in [1.54, 1.807) is 0 Å². The number of hydrogen-bond donors (Lipinski definition) is 0. The molecule has 0 amide bonds. The summed E-state index contributed by atoms with van der Waals surface area (Å²) in [5.41, 5.74) is 11.4. The molecule has 48 heavy (non-hydrogen) atoms. The predicted octanol–water partition coefficient (Wildman–Crippen LogP) is 11.4. The fraction of sp³-hybridized carbons (Fsp3) is 0. The summed E-state index contributed by atoms with van der Waals surface area (Å²) in [6.45, 7) is 0. The summed E-state index contributed by atoms with van der Waals surface area (Å²) in [5.74, 6) is 0. The third kappa shape index (κ3) is 4.36. The van der Waals surface area contributed by atoms with Gasteiger partial charge < -0.3 is 8.98 Å². The maximum atomic E-state index is 10.3. The van der Waals surface area contributed by atoms with E-state index >= 15 is 0 Å². The lowest BCUT2D eigenvalue weighted by atomic mass is 9.92. The average Bonchev–Trinajstić information content (AvgIpc) is 3.70. The van der Waals surface area contributed by atoms with E-state index in [9.17, 15) is 10.5 Å².